The molecule has 1 N–H and O–H groups in total. The topological polar surface area (TPSA) is 34.3 Å². The van der Waals surface area contributed by atoms with E-state index in [9.17, 15) is 5.11 Å². The van der Waals surface area contributed by atoms with Crippen LogP contribution in [0.15, 0.2) is 48.5 Å². The molecule has 0 saturated carbocycles. The summed E-state index contributed by atoms with van der Waals surface area (Å²) < 4.78 is 0. The fourth-order valence-corrected chi connectivity index (χ4v) is 4.23. The number of nitrogens with zero attached hydrogens (tertiary/aromatic N) is 1. The first-order valence-corrected chi connectivity index (χ1v) is 13.7. The Bertz CT molecular complexity index is 567. The van der Waals surface area contributed by atoms with E-state index in [1.54, 1.807) is 0 Å². The summed E-state index contributed by atoms with van der Waals surface area (Å²) in [7, 11) is 7.76. The first-order valence-electron chi connectivity index (χ1n) is 6.45. The van der Waals surface area contributed by atoms with E-state index in [0.29, 0.717) is 5.75 Å². The molecule has 0 saturated heterocycles. The SMILES string of the molecule is Cc1cccc([Si](C)(C)[N-]c2ccccc2)c1O.[Cl][Ti][Cl]. The Hall–Kier alpha value is -0.449. The number of halogens is 2. The normalized spacial score (nSPS) is 10.3. The first-order chi connectivity index (χ1) is 9.92. The van der Waals surface area contributed by atoms with Gasteiger partial charge >= 0.3 is 35.6 Å². The van der Waals surface area contributed by atoms with Crippen molar-refractivity contribution in [2.75, 3.05) is 0 Å². The molecule has 0 fully saturated rings. The fourth-order valence-electron chi connectivity index (χ4n) is 2.04. The van der Waals surface area contributed by atoms with Gasteiger partial charge in [0.15, 0.2) is 0 Å². The molecule has 0 atom stereocenters. The van der Waals surface area contributed by atoms with Gasteiger partial charge in [-0.2, -0.15) is 0 Å². The molecule has 2 rings (SSSR count). The second-order valence-electron chi connectivity index (χ2n) is 5.05. The van der Waals surface area contributed by atoms with Crippen LogP contribution in [0.2, 0.25) is 13.1 Å². The van der Waals surface area contributed by atoms with Gasteiger partial charge in [0.25, 0.3) is 0 Å². The van der Waals surface area contributed by atoms with Crippen molar-refractivity contribution in [3.05, 3.63) is 59.1 Å². The molecule has 0 aliphatic rings. The van der Waals surface area contributed by atoms with E-state index in [4.69, 9.17) is 23.6 Å². The third-order valence-electron chi connectivity index (χ3n) is 3.06. The monoisotopic (exact) mass is 374 g/mol. The summed E-state index contributed by atoms with van der Waals surface area (Å²) in [5.41, 5.74) is 1.89. The predicted molar refractivity (Wildman–Crippen MR) is 91.1 cm³/mol. The number of para-hydroxylation sites is 1. The summed E-state index contributed by atoms with van der Waals surface area (Å²) in [6.07, 6.45) is 0. The maximum absolute atomic E-state index is 10.2. The molecule has 0 heterocycles. The predicted octanol–water partition coefficient (Wildman–Crippen LogP) is 5.19. The second kappa shape index (κ2) is 8.86. The van der Waals surface area contributed by atoms with Gasteiger partial charge in [-0.1, -0.05) is 61.6 Å². The van der Waals surface area contributed by atoms with Crippen molar-refractivity contribution >= 4 is 37.7 Å². The van der Waals surface area contributed by atoms with Crippen LogP contribution < -0.4 is 5.19 Å². The molecule has 2 aromatic carbocycles. The molecule has 2 aromatic rings. The zero-order chi connectivity index (χ0) is 15.9. The van der Waals surface area contributed by atoms with Gasteiger partial charge in [-0.3, -0.25) is 0 Å². The maximum atomic E-state index is 10.2. The minimum absolute atomic E-state index is 0.397. The van der Waals surface area contributed by atoms with Crippen LogP contribution >= 0.6 is 18.6 Å². The molecule has 0 unspecified atom stereocenters. The van der Waals surface area contributed by atoms with Crippen LogP contribution in [0.4, 0.5) is 5.69 Å². The van der Waals surface area contributed by atoms with Crippen LogP contribution in [0.5, 0.6) is 5.75 Å². The van der Waals surface area contributed by atoms with Gasteiger partial charge in [-0.05, 0) is 25.9 Å². The summed E-state index contributed by atoms with van der Waals surface area (Å²) in [6.45, 7) is 6.22. The Kier molecular flexibility index (Phi) is 7.85. The van der Waals surface area contributed by atoms with Gasteiger partial charge in [0, 0.05) is 0 Å². The van der Waals surface area contributed by atoms with E-state index in [2.05, 4.69) is 13.1 Å². The summed E-state index contributed by atoms with van der Waals surface area (Å²) in [5, 5.41) is 11.2. The average molecular weight is 375 g/mol. The Morgan fingerprint density at radius 1 is 1.00 bits per heavy atom. The molecule has 0 bridgehead atoms. The molecule has 112 valence electrons. The van der Waals surface area contributed by atoms with Crippen LogP contribution in [0.25, 0.3) is 4.98 Å². The Morgan fingerprint density at radius 2 is 1.57 bits per heavy atom. The molecule has 2 nitrogen and oxygen atoms in total. The number of aryl methyl sites for hydroxylation is 1. The first kappa shape index (κ1) is 18.6. The molecule has 0 aliphatic carbocycles. The van der Waals surface area contributed by atoms with Gasteiger partial charge in [0.1, 0.15) is 5.75 Å². The van der Waals surface area contributed by atoms with Crippen molar-refractivity contribution in [3.8, 4) is 5.75 Å². The van der Waals surface area contributed by atoms with Crippen LogP contribution in [0.3, 0.4) is 0 Å². The van der Waals surface area contributed by atoms with Crippen LogP contribution in [0, 0.1) is 6.92 Å². The van der Waals surface area contributed by atoms with Crippen molar-refractivity contribution in [2.45, 2.75) is 20.0 Å². The van der Waals surface area contributed by atoms with Crippen molar-refractivity contribution in [3.63, 3.8) is 0 Å². The van der Waals surface area contributed by atoms with Crippen molar-refractivity contribution < 1.29 is 22.1 Å². The molecular weight excluding hydrogens is 357 g/mol. The Balaban J connectivity index is 0.000000677. The summed E-state index contributed by atoms with van der Waals surface area (Å²) in [6, 6.07) is 15.9. The van der Waals surface area contributed by atoms with Crippen molar-refractivity contribution in [1.29, 1.82) is 0 Å². The van der Waals surface area contributed by atoms with Gasteiger partial charge in [0.05, 0.1) is 0 Å². The van der Waals surface area contributed by atoms with Gasteiger partial charge in [0.2, 0.25) is 0 Å². The van der Waals surface area contributed by atoms with E-state index >= 15 is 0 Å². The summed E-state index contributed by atoms with van der Waals surface area (Å²) in [5.74, 6) is 0.397. The van der Waals surface area contributed by atoms with Gasteiger partial charge in [-0.25, -0.2) is 0 Å². The Morgan fingerprint density at radius 3 is 2.14 bits per heavy atom. The molecule has 0 spiro atoms. The number of hydrogen-bond acceptors (Lipinski definition) is 1. The summed E-state index contributed by atoms with van der Waals surface area (Å²) >= 11 is -0.556. The third-order valence-corrected chi connectivity index (χ3v) is 5.60. The number of aromatic hydroxyl groups is 1. The average Bonchev–Trinajstić information content (AvgIpc) is 2.43. The molecule has 0 aromatic heterocycles. The molecule has 21 heavy (non-hydrogen) atoms. The zero-order valence-corrected chi connectivity index (χ0v) is 16.3. The van der Waals surface area contributed by atoms with E-state index in [-0.39, 0.29) is 0 Å². The third kappa shape index (κ3) is 5.68. The van der Waals surface area contributed by atoms with E-state index in [1.165, 1.54) is 0 Å². The number of phenols is 1. The summed E-state index contributed by atoms with van der Waals surface area (Å²) in [4.78, 5) is 4.84. The standard InChI is InChI=1S/C15H18NOSi.2ClH.Ti/c1-12-8-7-11-14(15(12)17)18(2,3)16-13-9-5-4-6-10-13;;;/h4-11,17H,1-3H3;2*1H;/q-1;;;+2/p-2. The molecular formula is C15H18Cl2NOSiTi-. The molecule has 0 radical (unpaired) electrons. The van der Waals surface area contributed by atoms with Gasteiger partial charge in [-0.15, -0.1) is 5.69 Å². The number of benzene rings is 2. The van der Waals surface area contributed by atoms with E-state index in [1.807, 2.05) is 55.5 Å². The second-order valence-corrected chi connectivity index (χ2v) is 11.5. The number of hydrogen-bond donors (Lipinski definition) is 1. The molecule has 0 amide bonds. The number of phenolic OH excluding ortho intramolecular Hbond substituents is 1. The molecule has 6 heteroatoms. The number of rotatable bonds is 3. The van der Waals surface area contributed by atoms with Crippen LogP contribution in [0.1, 0.15) is 5.56 Å². The van der Waals surface area contributed by atoms with Crippen molar-refractivity contribution in [2.24, 2.45) is 0 Å². The van der Waals surface area contributed by atoms with Crippen LogP contribution in [-0.4, -0.2) is 13.3 Å². The van der Waals surface area contributed by atoms with Gasteiger partial charge < -0.3 is 10.1 Å². The zero-order valence-electron chi connectivity index (χ0n) is 12.3. The Labute approximate surface area is 144 Å². The molecule has 0 aliphatic heterocycles. The van der Waals surface area contributed by atoms with E-state index in [0.717, 1.165) is 16.4 Å². The fraction of sp³-hybridized carbons (Fsp3) is 0.200. The quantitative estimate of drug-likeness (QED) is 0.736. The minimum atomic E-state index is -2.02. The van der Waals surface area contributed by atoms with Crippen molar-refractivity contribution in [1.82, 2.24) is 0 Å². The van der Waals surface area contributed by atoms with E-state index < -0.39 is 25.3 Å². The van der Waals surface area contributed by atoms with Crippen LogP contribution in [-0.2, 0) is 17.0 Å².